The Morgan fingerprint density at radius 2 is 1.88 bits per heavy atom. The van der Waals surface area contributed by atoms with Crippen LogP contribution in [0.3, 0.4) is 0 Å². The first-order valence-corrected chi connectivity index (χ1v) is 15.1. The van der Waals surface area contributed by atoms with E-state index in [0.29, 0.717) is 53.6 Å². The summed E-state index contributed by atoms with van der Waals surface area (Å²) in [5.41, 5.74) is 3.72. The van der Waals surface area contributed by atoms with E-state index in [1.807, 2.05) is 12.1 Å². The van der Waals surface area contributed by atoms with Crippen molar-refractivity contribution in [1.82, 2.24) is 14.8 Å². The van der Waals surface area contributed by atoms with E-state index in [0.717, 1.165) is 62.0 Å². The number of para-hydroxylation sites is 1. The lowest BCUT2D eigenvalue weighted by Gasteiger charge is -2.41. The molecule has 1 aromatic heterocycles. The maximum atomic E-state index is 13.0. The van der Waals surface area contributed by atoms with Crippen molar-refractivity contribution < 1.29 is 9.59 Å². The second kappa shape index (κ2) is 13.5. The van der Waals surface area contributed by atoms with Crippen molar-refractivity contribution in [3.8, 4) is 0 Å². The van der Waals surface area contributed by atoms with Crippen molar-refractivity contribution in [2.45, 2.75) is 59.4 Å². The Balaban J connectivity index is 1.88. The number of aromatic nitrogens is 1. The molecule has 2 saturated heterocycles. The third-order valence-electron chi connectivity index (χ3n) is 8.48. The molecule has 0 spiro atoms. The summed E-state index contributed by atoms with van der Waals surface area (Å²) in [6.45, 7) is 15.6. The van der Waals surface area contributed by atoms with Gasteiger partial charge in [-0.1, -0.05) is 63.6 Å². The van der Waals surface area contributed by atoms with Gasteiger partial charge in [0.05, 0.1) is 16.3 Å². The van der Waals surface area contributed by atoms with Crippen LogP contribution in [0.1, 0.15) is 57.2 Å². The topological polar surface area (TPSA) is 72.4 Å². The number of aliphatic imine (C=N–C) groups is 1. The third-order valence-corrected chi connectivity index (χ3v) is 8.76. The Bertz CT molecular complexity index is 1290. The fourth-order valence-electron chi connectivity index (χ4n) is 6.14. The highest BCUT2D eigenvalue weighted by Crippen LogP contribution is 2.39. The second-order valence-electron chi connectivity index (χ2n) is 10.9. The van der Waals surface area contributed by atoms with Crippen molar-refractivity contribution in [3.05, 3.63) is 58.6 Å². The molecule has 2 aliphatic rings. The molecule has 41 heavy (non-hydrogen) atoms. The average Bonchev–Trinajstić information content (AvgIpc) is 3.48. The molecule has 2 amide bonds. The van der Waals surface area contributed by atoms with Gasteiger partial charge in [-0.25, -0.2) is 4.98 Å². The molecule has 220 valence electrons. The SMILES string of the molecule is C=CC(=O)N1CCN(C(=NC)c2cc(Cl)c(N3CCC(CC)C3)nc2N(C=O)c2c(CC)cccc2CC)C(C)C1. The molecule has 0 aliphatic carbocycles. The van der Waals surface area contributed by atoms with Gasteiger partial charge in [0, 0.05) is 45.8 Å². The van der Waals surface area contributed by atoms with Crippen LogP contribution in [0.15, 0.2) is 41.9 Å². The van der Waals surface area contributed by atoms with Crippen molar-refractivity contribution in [3.63, 3.8) is 0 Å². The summed E-state index contributed by atoms with van der Waals surface area (Å²) >= 11 is 6.99. The molecule has 2 atom stereocenters. The fraction of sp³-hybridized carbons (Fsp3) is 0.500. The fourth-order valence-corrected chi connectivity index (χ4v) is 6.41. The zero-order chi connectivity index (χ0) is 29.7. The molecule has 2 aliphatic heterocycles. The summed E-state index contributed by atoms with van der Waals surface area (Å²) in [5, 5.41) is 0.542. The van der Waals surface area contributed by atoms with E-state index in [4.69, 9.17) is 21.6 Å². The maximum Gasteiger partial charge on any atom is 0.246 e. The number of anilines is 3. The molecule has 3 heterocycles. The molecule has 2 fully saturated rings. The maximum absolute atomic E-state index is 13.0. The van der Waals surface area contributed by atoms with Gasteiger partial charge in [0.25, 0.3) is 0 Å². The molecule has 0 radical (unpaired) electrons. The van der Waals surface area contributed by atoms with Crippen LogP contribution in [0.5, 0.6) is 0 Å². The van der Waals surface area contributed by atoms with Crippen molar-refractivity contribution in [1.29, 1.82) is 0 Å². The number of hydrogen-bond acceptors (Lipinski definition) is 5. The summed E-state index contributed by atoms with van der Waals surface area (Å²) in [5.74, 6) is 2.44. The molecule has 0 bridgehead atoms. The Morgan fingerprint density at radius 1 is 1.17 bits per heavy atom. The summed E-state index contributed by atoms with van der Waals surface area (Å²) in [6.07, 6.45) is 5.98. The van der Waals surface area contributed by atoms with Gasteiger partial charge in [-0.05, 0) is 55.4 Å². The van der Waals surface area contributed by atoms with E-state index in [1.165, 1.54) is 6.08 Å². The Morgan fingerprint density at radius 3 is 2.41 bits per heavy atom. The van der Waals surface area contributed by atoms with E-state index in [2.05, 4.69) is 56.2 Å². The van der Waals surface area contributed by atoms with E-state index in [9.17, 15) is 9.59 Å². The smallest absolute Gasteiger partial charge is 0.246 e. The molecular weight excluding hydrogens is 536 g/mol. The lowest BCUT2D eigenvalue weighted by Crippen LogP contribution is -2.55. The van der Waals surface area contributed by atoms with Crippen LogP contribution in [-0.4, -0.2) is 78.7 Å². The van der Waals surface area contributed by atoms with E-state index in [-0.39, 0.29) is 11.9 Å². The van der Waals surface area contributed by atoms with Gasteiger partial charge in [-0.2, -0.15) is 0 Å². The van der Waals surface area contributed by atoms with Crippen LogP contribution in [0, 0.1) is 5.92 Å². The normalized spacial score (nSPS) is 19.5. The van der Waals surface area contributed by atoms with Gasteiger partial charge in [0.2, 0.25) is 12.3 Å². The molecule has 8 nitrogen and oxygen atoms in total. The predicted molar refractivity (Wildman–Crippen MR) is 169 cm³/mol. The Labute approximate surface area is 249 Å². The lowest BCUT2D eigenvalue weighted by atomic mass is 10.0. The van der Waals surface area contributed by atoms with Crippen LogP contribution in [0.4, 0.5) is 17.3 Å². The number of nitrogens with zero attached hydrogens (tertiary/aromatic N) is 6. The standard InChI is InChI=1S/C32H43ClN6O2/c1-7-23-14-15-37(20-23)32-27(33)18-26(30(34-6)38-17-16-36(19-22(38)5)28(41)10-4)31(35-32)39(21-40)29-24(8-2)12-11-13-25(29)9-3/h10-13,18,21-23H,4,7-9,14-17,19-20H2,1-3,5-6H3. The summed E-state index contributed by atoms with van der Waals surface area (Å²) < 4.78 is 0. The number of amides is 2. The monoisotopic (exact) mass is 578 g/mol. The van der Waals surface area contributed by atoms with Crippen LogP contribution in [-0.2, 0) is 22.4 Å². The Kier molecular flexibility index (Phi) is 10.1. The van der Waals surface area contributed by atoms with Crippen molar-refractivity contribution in [2.75, 3.05) is 49.6 Å². The first-order valence-electron chi connectivity index (χ1n) is 14.8. The molecular formula is C32H43ClN6O2. The summed E-state index contributed by atoms with van der Waals surface area (Å²) in [6, 6.07) is 8.10. The number of halogens is 1. The number of pyridine rings is 1. The van der Waals surface area contributed by atoms with Crippen LogP contribution >= 0.6 is 11.6 Å². The van der Waals surface area contributed by atoms with Gasteiger partial charge in [-0.15, -0.1) is 0 Å². The molecule has 0 N–H and O–H groups in total. The zero-order valence-corrected chi connectivity index (χ0v) is 25.8. The van der Waals surface area contributed by atoms with Gasteiger partial charge >= 0.3 is 0 Å². The molecule has 1 aromatic carbocycles. The van der Waals surface area contributed by atoms with Crippen LogP contribution < -0.4 is 9.80 Å². The number of carbonyl (C=O) groups excluding carboxylic acids is 2. The third kappa shape index (κ3) is 6.13. The second-order valence-corrected chi connectivity index (χ2v) is 11.3. The minimum absolute atomic E-state index is 0.0136. The first-order chi connectivity index (χ1) is 19.8. The summed E-state index contributed by atoms with van der Waals surface area (Å²) in [4.78, 5) is 43.2. The zero-order valence-electron chi connectivity index (χ0n) is 25.1. The number of aryl methyl sites for hydroxylation is 2. The van der Waals surface area contributed by atoms with Gasteiger partial charge in [-0.3, -0.25) is 19.5 Å². The van der Waals surface area contributed by atoms with Crippen LogP contribution in [0.2, 0.25) is 5.02 Å². The first kappa shape index (κ1) is 30.6. The van der Waals surface area contributed by atoms with E-state index in [1.54, 1.807) is 16.8 Å². The number of carbonyl (C=O) groups is 2. The average molecular weight is 579 g/mol. The molecule has 2 aromatic rings. The van der Waals surface area contributed by atoms with Gasteiger partial charge in [0.1, 0.15) is 11.7 Å². The lowest BCUT2D eigenvalue weighted by molar-refractivity contribution is -0.128. The number of hydrogen-bond donors (Lipinski definition) is 0. The van der Waals surface area contributed by atoms with Gasteiger partial charge < -0.3 is 14.7 Å². The minimum Gasteiger partial charge on any atom is -0.355 e. The highest BCUT2D eigenvalue weighted by Gasteiger charge is 2.33. The van der Waals surface area contributed by atoms with E-state index >= 15 is 0 Å². The number of amidine groups is 1. The molecule has 0 saturated carbocycles. The van der Waals surface area contributed by atoms with E-state index < -0.39 is 0 Å². The predicted octanol–water partition coefficient (Wildman–Crippen LogP) is 5.49. The van der Waals surface area contributed by atoms with Crippen LogP contribution in [0.25, 0.3) is 0 Å². The number of benzene rings is 1. The highest BCUT2D eigenvalue weighted by molar-refractivity contribution is 6.33. The quantitative estimate of drug-likeness (QED) is 0.170. The molecule has 4 rings (SSSR count). The van der Waals surface area contributed by atoms with Crippen molar-refractivity contribution >= 4 is 47.1 Å². The van der Waals surface area contributed by atoms with Crippen molar-refractivity contribution in [2.24, 2.45) is 10.9 Å². The van der Waals surface area contributed by atoms with Gasteiger partial charge in [0.15, 0.2) is 5.82 Å². The minimum atomic E-state index is -0.0763. The largest absolute Gasteiger partial charge is 0.355 e. The summed E-state index contributed by atoms with van der Waals surface area (Å²) in [7, 11) is 1.75. The highest BCUT2D eigenvalue weighted by atomic mass is 35.5. The number of rotatable bonds is 9. The molecule has 9 heteroatoms. The Hall–Kier alpha value is -3.39. The number of piperazine rings is 1. The molecule has 2 unspecified atom stereocenters.